The summed E-state index contributed by atoms with van der Waals surface area (Å²) in [6.07, 6.45) is 1.13. The summed E-state index contributed by atoms with van der Waals surface area (Å²) in [5, 5.41) is 9.38. The molecule has 0 unspecified atom stereocenters. The highest BCUT2D eigenvalue weighted by molar-refractivity contribution is 7.14. The molecule has 0 fully saturated rings. The van der Waals surface area contributed by atoms with Crippen LogP contribution in [0.5, 0.6) is 0 Å². The number of hydrogen-bond acceptors (Lipinski definition) is 8. The number of furan rings is 1. The lowest BCUT2D eigenvalue weighted by Crippen LogP contribution is -2.12. The largest absolute Gasteiger partial charge is 0.462 e. The topological polar surface area (TPSA) is 107 Å². The minimum absolute atomic E-state index is 0.113. The first kappa shape index (κ1) is 22.1. The van der Waals surface area contributed by atoms with Crippen LogP contribution in [0.25, 0.3) is 6.08 Å². The van der Waals surface area contributed by atoms with Crippen molar-refractivity contribution in [1.29, 1.82) is 5.26 Å². The van der Waals surface area contributed by atoms with Crippen molar-refractivity contribution in [1.82, 2.24) is 0 Å². The van der Waals surface area contributed by atoms with Gasteiger partial charge in [-0.3, -0.25) is 4.79 Å². The summed E-state index contributed by atoms with van der Waals surface area (Å²) >= 11 is 0.999. The number of aryl methyl sites for hydroxylation is 1. The third-order valence-electron chi connectivity index (χ3n) is 3.95. The van der Waals surface area contributed by atoms with Gasteiger partial charge in [-0.15, -0.1) is 11.3 Å². The smallest absolute Gasteiger partial charge is 0.348 e. The molecule has 0 radical (unpaired) electrons. The molecule has 8 heteroatoms. The summed E-state index contributed by atoms with van der Waals surface area (Å²) in [7, 11) is 0. The van der Waals surface area contributed by atoms with E-state index in [-0.39, 0.29) is 35.6 Å². The second-order valence-electron chi connectivity index (χ2n) is 6.01. The van der Waals surface area contributed by atoms with Gasteiger partial charge in [-0.25, -0.2) is 9.59 Å². The van der Waals surface area contributed by atoms with Gasteiger partial charge in [0.2, 0.25) is 0 Å². The number of ether oxygens (including phenoxy) is 2. The van der Waals surface area contributed by atoms with Crippen LogP contribution in [-0.4, -0.2) is 30.9 Å². The Balaban J connectivity index is 2.41. The Morgan fingerprint density at radius 3 is 2.34 bits per heavy atom. The van der Waals surface area contributed by atoms with Crippen molar-refractivity contribution in [2.45, 2.75) is 34.1 Å². The Labute approximate surface area is 172 Å². The maximum atomic E-state index is 12.7. The van der Waals surface area contributed by atoms with Gasteiger partial charge < -0.3 is 13.9 Å². The van der Waals surface area contributed by atoms with Gasteiger partial charge in [0.05, 0.1) is 24.4 Å². The molecule has 29 heavy (non-hydrogen) atoms. The molecule has 0 aromatic carbocycles. The molecule has 0 bridgehead atoms. The van der Waals surface area contributed by atoms with Gasteiger partial charge in [0.15, 0.2) is 5.78 Å². The first-order chi connectivity index (χ1) is 13.8. The van der Waals surface area contributed by atoms with Crippen molar-refractivity contribution in [2.75, 3.05) is 13.2 Å². The van der Waals surface area contributed by atoms with Crippen LogP contribution in [0.15, 0.2) is 22.1 Å². The summed E-state index contributed by atoms with van der Waals surface area (Å²) in [5.41, 5.74) is 0.455. The summed E-state index contributed by atoms with van der Waals surface area (Å²) in [4.78, 5) is 37.9. The highest BCUT2D eigenvalue weighted by Gasteiger charge is 2.28. The first-order valence-electron chi connectivity index (χ1n) is 9.00. The number of carbonyl (C=O) groups excluding carboxylic acids is 3. The van der Waals surface area contributed by atoms with Crippen LogP contribution < -0.4 is 0 Å². The van der Waals surface area contributed by atoms with Crippen LogP contribution >= 0.6 is 11.3 Å². The average molecular weight is 415 g/mol. The molecule has 7 nitrogen and oxygen atoms in total. The third-order valence-corrected chi connectivity index (χ3v) is 5.22. The quantitative estimate of drug-likeness (QED) is 0.364. The molecule has 2 aromatic heterocycles. The molecule has 0 saturated carbocycles. The predicted octanol–water partition coefficient (Wildman–Crippen LogP) is 4.03. The molecule has 0 saturated heterocycles. The Morgan fingerprint density at radius 2 is 1.79 bits per heavy atom. The molecule has 152 valence electrons. The van der Waals surface area contributed by atoms with Gasteiger partial charge in [0.1, 0.15) is 22.5 Å². The molecule has 0 aliphatic heterocycles. The number of nitriles is 1. The van der Waals surface area contributed by atoms with Gasteiger partial charge in [0, 0.05) is 17.4 Å². The number of allylic oxidation sites excluding steroid dienone is 1. The number of nitrogens with zero attached hydrogens (tertiary/aromatic N) is 1. The van der Waals surface area contributed by atoms with Crippen LogP contribution in [0, 0.1) is 25.2 Å². The molecule has 0 aliphatic rings. The maximum absolute atomic E-state index is 12.7. The number of Topliss-reactive ketones (excluding diaryl/α,β-unsaturated/α-hetero) is 1. The monoisotopic (exact) mass is 415 g/mol. The fourth-order valence-corrected chi connectivity index (χ4v) is 3.83. The lowest BCUT2D eigenvalue weighted by Gasteiger charge is -2.05. The first-order valence-corrected chi connectivity index (χ1v) is 9.81. The minimum Gasteiger partial charge on any atom is -0.462 e. The van der Waals surface area contributed by atoms with Crippen molar-refractivity contribution >= 4 is 35.1 Å². The van der Waals surface area contributed by atoms with Crippen LogP contribution in [0.1, 0.15) is 55.8 Å². The van der Waals surface area contributed by atoms with E-state index in [4.69, 9.17) is 13.9 Å². The summed E-state index contributed by atoms with van der Waals surface area (Å²) in [6.45, 7) is 7.04. The lowest BCUT2D eigenvalue weighted by molar-refractivity contribution is -0.114. The zero-order chi connectivity index (χ0) is 21.6. The van der Waals surface area contributed by atoms with Crippen molar-refractivity contribution < 1.29 is 28.3 Å². The fraction of sp³-hybridized carbons (Fsp3) is 0.333. The Kier molecular flexibility index (Phi) is 7.51. The predicted molar refractivity (Wildman–Crippen MR) is 107 cm³/mol. The molecule has 0 aliphatic carbocycles. The zero-order valence-electron chi connectivity index (χ0n) is 16.7. The molecule has 2 rings (SSSR count). The number of thiophene rings is 1. The van der Waals surface area contributed by atoms with Crippen LogP contribution in [0.4, 0.5) is 0 Å². The van der Waals surface area contributed by atoms with Gasteiger partial charge in [-0.05, 0) is 45.4 Å². The van der Waals surface area contributed by atoms with Gasteiger partial charge in [0.25, 0.3) is 0 Å². The van der Waals surface area contributed by atoms with Crippen LogP contribution in [-0.2, 0) is 20.7 Å². The maximum Gasteiger partial charge on any atom is 0.348 e. The standard InChI is InChI=1S/C21H21NO6S/c1-5-26-20(24)18-13(4)19(21(25)27-6-2)29-17(18)10-16(23)14(11-22)9-15-8-7-12(3)28-15/h7-9H,5-6,10H2,1-4H3/b14-9+. The molecule has 2 heterocycles. The van der Waals surface area contributed by atoms with Crippen molar-refractivity contribution in [2.24, 2.45) is 0 Å². The second kappa shape index (κ2) is 9.85. The number of carbonyl (C=O) groups is 3. The van der Waals surface area contributed by atoms with Crippen molar-refractivity contribution in [3.8, 4) is 6.07 Å². The second-order valence-corrected chi connectivity index (χ2v) is 7.12. The van der Waals surface area contributed by atoms with E-state index in [0.29, 0.717) is 22.0 Å². The summed E-state index contributed by atoms with van der Waals surface area (Å²) < 4.78 is 15.5. The van der Waals surface area contributed by atoms with E-state index in [1.807, 2.05) is 6.07 Å². The highest BCUT2D eigenvalue weighted by atomic mass is 32.1. The fourth-order valence-electron chi connectivity index (χ4n) is 2.65. The van der Waals surface area contributed by atoms with E-state index >= 15 is 0 Å². The van der Waals surface area contributed by atoms with Crippen LogP contribution in [0.2, 0.25) is 0 Å². The Bertz CT molecular complexity index is 1010. The SMILES string of the molecule is CCOC(=O)c1sc(CC(=O)/C(C#N)=C/c2ccc(C)o2)c(C(=O)OCC)c1C. The number of ketones is 1. The molecule has 0 N–H and O–H groups in total. The Morgan fingerprint density at radius 1 is 1.14 bits per heavy atom. The molecule has 0 atom stereocenters. The lowest BCUT2D eigenvalue weighted by atomic mass is 10.0. The van der Waals surface area contributed by atoms with Gasteiger partial charge in [-0.1, -0.05) is 0 Å². The van der Waals surface area contributed by atoms with Gasteiger partial charge in [-0.2, -0.15) is 5.26 Å². The van der Waals surface area contributed by atoms with Crippen LogP contribution in [0.3, 0.4) is 0 Å². The third kappa shape index (κ3) is 5.21. The van der Waals surface area contributed by atoms with E-state index in [2.05, 4.69) is 0 Å². The number of hydrogen-bond donors (Lipinski definition) is 0. The van der Waals surface area contributed by atoms with Gasteiger partial charge >= 0.3 is 11.9 Å². The number of rotatable bonds is 8. The highest BCUT2D eigenvalue weighted by Crippen LogP contribution is 2.31. The molecule has 2 aromatic rings. The molecular weight excluding hydrogens is 394 g/mol. The van der Waals surface area contributed by atoms with Crippen molar-refractivity contribution in [3.63, 3.8) is 0 Å². The average Bonchev–Trinajstić information content (AvgIpc) is 3.22. The molecule has 0 amide bonds. The summed E-state index contributed by atoms with van der Waals surface area (Å²) in [6, 6.07) is 5.24. The number of esters is 2. The van der Waals surface area contributed by atoms with E-state index in [9.17, 15) is 19.6 Å². The molecular formula is C21H21NO6S. The minimum atomic E-state index is -0.622. The van der Waals surface area contributed by atoms with E-state index < -0.39 is 17.7 Å². The van der Waals surface area contributed by atoms with Crippen molar-refractivity contribution in [3.05, 3.63) is 50.1 Å². The van der Waals surface area contributed by atoms with E-state index in [0.717, 1.165) is 11.3 Å². The normalized spacial score (nSPS) is 11.1. The van der Waals surface area contributed by atoms with E-state index in [1.54, 1.807) is 39.8 Å². The molecule has 0 spiro atoms. The van der Waals surface area contributed by atoms with E-state index in [1.165, 1.54) is 6.08 Å². The zero-order valence-corrected chi connectivity index (χ0v) is 17.5. The Hall–Kier alpha value is -3.18. The summed E-state index contributed by atoms with van der Waals surface area (Å²) in [5.74, 6) is -0.653.